The summed E-state index contributed by atoms with van der Waals surface area (Å²) >= 11 is 0. The number of rotatable bonds is 4. The Morgan fingerprint density at radius 2 is 1.12 bits per heavy atom. The van der Waals surface area contributed by atoms with Gasteiger partial charge in [-0.2, -0.15) is 23.4 Å². The Kier molecular flexibility index (Phi) is 5.01. The highest BCUT2D eigenvalue weighted by molar-refractivity contribution is 5.72. The van der Waals surface area contributed by atoms with Gasteiger partial charge in [-0.25, -0.2) is 9.97 Å². The molecular formula is C24H17F3N6. The Bertz CT molecular complexity index is 1430. The highest BCUT2D eigenvalue weighted by Crippen LogP contribution is 2.31. The molecular weight excluding hydrogens is 429 g/mol. The first-order valence-corrected chi connectivity index (χ1v) is 10.1. The van der Waals surface area contributed by atoms with E-state index in [1.54, 1.807) is 18.2 Å². The van der Waals surface area contributed by atoms with Gasteiger partial charge in [0.15, 0.2) is 0 Å². The fraction of sp³-hybridized carbons (Fsp3) is 0.0833. The highest BCUT2D eigenvalue weighted by Gasteiger charge is 2.33. The van der Waals surface area contributed by atoms with Gasteiger partial charge in [0.05, 0.1) is 22.8 Å². The van der Waals surface area contributed by atoms with Crippen molar-refractivity contribution in [3.05, 3.63) is 84.2 Å². The number of halogens is 3. The molecule has 4 heterocycles. The lowest BCUT2D eigenvalue weighted by Gasteiger charge is -2.07. The Labute approximate surface area is 186 Å². The van der Waals surface area contributed by atoms with Crippen molar-refractivity contribution in [2.75, 3.05) is 0 Å². The van der Waals surface area contributed by atoms with E-state index in [0.29, 0.717) is 11.4 Å². The van der Waals surface area contributed by atoms with Crippen LogP contribution in [0.1, 0.15) is 11.4 Å². The van der Waals surface area contributed by atoms with Crippen LogP contribution in [-0.2, 0) is 6.18 Å². The van der Waals surface area contributed by atoms with Crippen molar-refractivity contribution in [1.29, 1.82) is 0 Å². The molecule has 0 aliphatic carbocycles. The molecule has 4 aromatic heterocycles. The zero-order valence-electron chi connectivity index (χ0n) is 17.4. The van der Waals surface area contributed by atoms with Gasteiger partial charge in [-0.05, 0) is 49.4 Å². The van der Waals surface area contributed by atoms with E-state index >= 15 is 0 Å². The molecule has 2 N–H and O–H groups in total. The lowest BCUT2D eigenvalue weighted by molar-refractivity contribution is -0.141. The monoisotopic (exact) mass is 446 g/mol. The number of aromatic nitrogens is 6. The Morgan fingerprint density at radius 3 is 1.64 bits per heavy atom. The maximum atomic E-state index is 12.9. The predicted octanol–water partition coefficient (Wildman–Crippen LogP) is 5.92. The summed E-state index contributed by atoms with van der Waals surface area (Å²) in [7, 11) is 0. The van der Waals surface area contributed by atoms with Gasteiger partial charge >= 0.3 is 6.18 Å². The molecule has 0 saturated carbocycles. The molecule has 0 bridgehead atoms. The summed E-state index contributed by atoms with van der Waals surface area (Å²) in [5.74, 6) is 0. The minimum absolute atomic E-state index is 0.129. The predicted molar refractivity (Wildman–Crippen MR) is 118 cm³/mol. The van der Waals surface area contributed by atoms with Crippen molar-refractivity contribution in [3.8, 4) is 45.3 Å². The zero-order valence-corrected chi connectivity index (χ0v) is 17.4. The molecule has 0 atom stereocenters. The molecule has 0 aliphatic heterocycles. The topological polar surface area (TPSA) is 83.1 Å². The van der Waals surface area contributed by atoms with Crippen LogP contribution in [0.15, 0.2) is 72.8 Å². The third kappa shape index (κ3) is 4.25. The van der Waals surface area contributed by atoms with E-state index in [2.05, 4.69) is 20.3 Å². The molecule has 0 saturated heterocycles. The highest BCUT2D eigenvalue weighted by atomic mass is 19.4. The molecule has 1 aromatic carbocycles. The summed E-state index contributed by atoms with van der Waals surface area (Å²) in [6, 6.07) is 21.4. The molecule has 6 nitrogen and oxygen atoms in total. The van der Waals surface area contributed by atoms with Gasteiger partial charge in [0.2, 0.25) is 0 Å². The lowest BCUT2D eigenvalue weighted by Crippen LogP contribution is -2.04. The summed E-state index contributed by atoms with van der Waals surface area (Å²) in [6.45, 7) is 1.93. The number of pyridine rings is 2. The smallest absolute Gasteiger partial charge is 0.282 e. The Hall–Kier alpha value is -4.27. The third-order valence-electron chi connectivity index (χ3n) is 5.07. The molecule has 33 heavy (non-hydrogen) atoms. The van der Waals surface area contributed by atoms with Gasteiger partial charge in [-0.1, -0.05) is 30.3 Å². The van der Waals surface area contributed by atoms with Crippen LogP contribution in [0.4, 0.5) is 13.2 Å². The maximum Gasteiger partial charge on any atom is 0.432 e. The number of benzene rings is 1. The van der Waals surface area contributed by atoms with E-state index in [9.17, 15) is 13.2 Å². The normalized spacial score (nSPS) is 11.6. The first kappa shape index (κ1) is 20.6. The molecule has 5 rings (SSSR count). The maximum absolute atomic E-state index is 12.9. The summed E-state index contributed by atoms with van der Waals surface area (Å²) in [4.78, 5) is 9.26. The number of nitrogens with one attached hydrogen (secondary N) is 2. The molecule has 0 aliphatic rings. The van der Waals surface area contributed by atoms with Crippen molar-refractivity contribution in [1.82, 2.24) is 30.4 Å². The number of H-pyrrole nitrogens is 2. The third-order valence-corrected chi connectivity index (χ3v) is 5.07. The summed E-state index contributed by atoms with van der Waals surface area (Å²) < 4.78 is 38.7. The first-order chi connectivity index (χ1) is 15.9. The fourth-order valence-electron chi connectivity index (χ4n) is 3.46. The Morgan fingerprint density at radius 1 is 0.606 bits per heavy atom. The molecule has 9 heteroatoms. The second-order valence-electron chi connectivity index (χ2n) is 7.50. The second kappa shape index (κ2) is 8.01. The molecule has 5 aromatic rings. The van der Waals surface area contributed by atoms with Crippen LogP contribution in [0, 0.1) is 6.92 Å². The van der Waals surface area contributed by atoms with E-state index in [1.165, 1.54) is 0 Å². The number of nitrogens with zero attached hydrogens (tertiary/aromatic N) is 4. The van der Waals surface area contributed by atoms with Crippen molar-refractivity contribution in [2.24, 2.45) is 0 Å². The van der Waals surface area contributed by atoms with E-state index < -0.39 is 11.9 Å². The summed E-state index contributed by atoms with van der Waals surface area (Å²) in [6.07, 6.45) is -4.49. The molecule has 0 radical (unpaired) electrons. The van der Waals surface area contributed by atoms with Gasteiger partial charge in [0, 0.05) is 16.8 Å². The number of hydrogen-bond donors (Lipinski definition) is 2. The molecule has 0 unspecified atom stereocenters. The number of aryl methyl sites for hydroxylation is 1. The van der Waals surface area contributed by atoms with Crippen molar-refractivity contribution >= 4 is 0 Å². The van der Waals surface area contributed by atoms with E-state index in [4.69, 9.17) is 4.98 Å². The van der Waals surface area contributed by atoms with Gasteiger partial charge in [0.25, 0.3) is 0 Å². The van der Waals surface area contributed by atoms with Crippen LogP contribution >= 0.6 is 0 Å². The van der Waals surface area contributed by atoms with Crippen molar-refractivity contribution < 1.29 is 13.2 Å². The van der Waals surface area contributed by atoms with Gasteiger partial charge in [-0.15, -0.1) is 0 Å². The van der Waals surface area contributed by atoms with Gasteiger partial charge < -0.3 is 0 Å². The molecule has 0 spiro atoms. The molecule has 0 fully saturated rings. The quantitative estimate of drug-likeness (QED) is 0.359. The summed E-state index contributed by atoms with van der Waals surface area (Å²) in [5, 5.41) is 13.0. The average molecular weight is 446 g/mol. The first-order valence-electron chi connectivity index (χ1n) is 10.1. The zero-order chi connectivity index (χ0) is 23.0. The second-order valence-corrected chi connectivity index (χ2v) is 7.50. The van der Waals surface area contributed by atoms with E-state index in [1.807, 2.05) is 60.6 Å². The van der Waals surface area contributed by atoms with Crippen LogP contribution in [0.2, 0.25) is 0 Å². The number of hydrogen-bond acceptors (Lipinski definition) is 4. The lowest BCUT2D eigenvalue weighted by atomic mass is 10.0. The van der Waals surface area contributed by atoms with Crippen LogP contribution in [0.5, 0.6) is 0 Å². The minimum Gasteiger partial charge on any atom is -0.282 e. The summed E-state index contributed by atoms with van der Waals surface area (Å²) in [5.41, 5.74) is 5.10. The molecule has 164 valence electrons. The standard InChI is InChI=1S/C24H17F3N6/c1-14-11-21(31-30-14)19-9-3-7-17(28-19)15-5-2-6-16(12-15)18-8-4-10-20(29-18)22-13-23(33-32-22)24(25,26)27/h2-13H,1H3,(H,30,31)(H,32,33). The average Bonchev–Trinajstić information content (AvgIpc) is 3.49. The number of aromatic amines is 2. The largest absolute Gasteiger partial charge is 0.432 e. The van der Waals surface area contributed by atoms with Crippen LogP contribution in [-0.4, -0.2) is 30.4 Å². The van der Waals surface area contributed by atoms with Gasteiger partial charge in [-0.3, -0.25) is 10.2 Å². The van der Waals surface area contributed by atoms with Crippen LogP contribution < -0.4 is 0 Å². The SMILES string of the molecule is Cc1cc(-c2cccc(-c3cccc(-c4cccc(-c5cc(C(F)(F)F)[nH]n5)n4)c3)n2)n[nH]1. The van der Waals surface area contributed by atoms with Crippen LogP contribution in [0.3, 0.4) is 0 Å². The van der Waals surface area contributed by atoms with E-state index in [-0.39, 0.29) is 5.69 Å². The number of alkyl halides is 3. The van der Waals surface area contributed by atoms with Gasteiger partial charge in [0.1, 0.15) is 17.1 Å². The Balaban J connectivity index is 1.48. The van der Waals surface area contributed by atoms with E-state index in [0.717, 1.165) is 40.0 Å². The fourth-order valence-corrected chi connectivity index (χ4v) is 3.46. The van der Waals surface area contributed by atoms with Crippen molar-refractivity contribution in [2.45, 2.75) is 13.1 Å². The van der Waals surface area contributed by atoms with Crippen LogP contribution in [0.25, 0.3) is 45.3 Å². The van der Waals surface area contributed by atoms with Crippen molar-refractivity contribution in [3.63, 3.8) is 0 Å². The molecule has 0 amide bonds. The minimum atomic E-state index is -4.49.